The monoisotopic (exact) mass is 470 g/mol. The number of aliphatic carboxylic acids is 1. The van der Waals surface area contributed by atoms with Crippen LogP contribution in [0.15, 0.2) is 23.8 Å². The van der Waals surface area contributed by atoms with E-state index in [2.05, 4.69) is 60.6 Å². The summed E-state index contributed by atoms with van der Waals surface area (Å²) in [6.45, 7) is 16.1. The Morgan fingerprint density at radius 3 is 2.24 bits per heavy atom. The van der Waals surface area contributed by atoms with Gasteiger partial charge in [0.1, 0.15) is 0 Å². The van der Waals surface area contributed by atoms with Crippen LogP contribution in [-0.4, -0.2) is 33.5 Å². The van der Waals surface area contributed by atoms with Gasteiger partial charge in [0.2, 0.25) is 0 Å². The zero-order chi connectivity index (χ0) is 25.1. The average molecular weight is 471 g/mol. The zero-order valence-corrected chi connectivity index (χ0v) is 22.3. The smallest absolute Gasteiger partial charge is 0.314 e. The van der Waals surface area contributed by atoms with E-state index in [1.54, 1.807) is 0 Å². The van der Waals surface area contributed by atoms with E-state index in [1.807, 2.05) is 6.08 Å². The van der Waals surface area contributed by atoms with Crippen LogP contribution in [0.1, 0.15) is 93.4 Å². The molecule has 0 saturated heterocycles. The Bertz CT molecular complexity index is 961. The summed E-state index contributed by atoms with van der Waals surface area (Å²) in [7, 11) is 0. The van der Waals surface area contributed by atoms with Crippen LogP contribution in [0.2, 0.25) is 0 Å². The number of allylic oxidation sites excluding steroid dienone is 3. The largest absolute Gasteiger partial charge is 0.481 e. The van der Waals surface area contributed by atoms with E-state index < -0.39 is 23.6 Å². The van der Waals surface area contributed by atoms with Crippen LogP contribution >= 0.6 is 0 Å². The molecule has 0 amide bonds. The number of aliphatic hydroxyl groups excluding tert-OH is 2. The summed E-state index contributed by atoms with van der Waals surface area (Å²) in [4.78, 5) is 12.7. The van der Waals surface area contributed by atoms with Crippen molar-refractivity contribution in [3.8, 4) is 0 Å². The maximum absolute atomic E-state index is 12.7. The number of hydrogen-bond acceptors (Lipinski definition) is 3. The predicted molar refractivity (Wildman–Crippen MR) is 134 cm³/mol. The average Bonchev–Trinajstić information content (AvgIpc) is 2.72. The van der Waals surface area contributed by atoms with Crippen molar-refractivity contribution in [2.75, 3.05) is 0 Å². The van der Waals surface area contributed by atoms with Crippen LogP contribution in [0.3, 0.4) is 0 Å². The normalized spacial score (nSPS) is 53.0. The SMILES string of the molecule is CC1(C)C=C[C@]2(C(=O)O)CC[C@]3(C)C(=CC[C@@H]4[C@@]5(C)C[C@@H](O)[C@H](O)C(C)(C)[C@@H]5CC[C@]43C)[C@@H]2C1. The third-order valence-corrected chi connectivity index (χ3v) is 12.5. The number of rotatable bonds is 1. The van der Waals surface area contributed by atoms with E-state index in [1.165, 1.54) is 5.57 Å². The van der Waals surface area contributed by atoms with Gasteiger partial charge in [-0.2, -0.15) is 0 Å². The first-order valence-corrected chi connectivity index (χ1v) is 13.6. The number of aliphatic hydroxyl groups is 2. The fourth-order valence-electron chi connectivity index (χ4n) is 10.3. The van der Waals surface area contributed by atoms with Gasteiger partial charge in [0.05, 0.1) is 17.6 Å². The number of carboxylic acids is 1. The molecule has 190 valence electrons. The number of hydrogen-bond donors (Lipinski definition) is 3. The minimum absolute atomic E-state index is 0.00224. The molecule has 5 aliphatic rings. The summed E-state index contributed by atoms with van der Waals surface area (Å²) in [6.07, 6.45) is 11.5. The molecular weight excluding hydrogens is 424 g/mol. The van der Waals surface area contributed by atoms with Crippen LogP contribution in [0.4, 0.5) is 0 Å². The fourth-order valence-corrected chi connectivity index (χ4v) is 10.3. The first-order valence-electron chi connectivity index (χ1n) is 13.6. The molecule has 4 heteroatoms. The lowest BCUT2D eigenvalue weighted by Crippen LogP contribution is -2.66. The van der Waals surface area contributed by atoms with Crippen molar-refractivity contribution in [3.05, 3.63) is 23.8 Å². The highest BCUT2D eigenvalue weighted by molar-refractivity contribution is 5.79. The third-order valence-electron chi connectivity index (χ3n) is 12.5. The summed E-state index contributed by atoms with van der Waals surface area (Å²) in [5.74, 6) is 0.162. The topological polar surface area (TPSA) is 77.8 Å². The molecule has 0 aromatic rings. The fraction of sp³-hybridized carbons (Fsp3) is 0.833. The Balaban J connectivity index is 1.62. The van der Waals surface area contributed by atoms with Gasteiger partial charge in [-0.25, -0.2) is 0 Å². The van der Waals surface area contributed by atoms with Crippen LogP contribution in [0.5, 0.6) is 0 Å². The summed E-state index contributed by atoms with van der Waals surface area (Å²) in [5.41, 5.74) is 0.261. The molecule has 0 radical (unpaired) electrons. The lowest BCUT2D eigenvalue weighted by atomic mass is 9.33. The van der Waals surface area contributed by atoms with E-state index >= 15 is 0 Å². The lowest BCUT2D eigenvalue weighted by Gasteiger charge is -2.71. The van der Waals surface area contributed by atoms with Gasteiger partial charge < -0.3 is 15.3 Å². The van der Waals surface area contributed by atoms with Gasteiger partial charge in [0.25, 0.3) is 0 Å². The Kier molecular flexibility index (Phi) is 5.06. The molecule has 0 aromatic heterocycles. The maximum atomic E-state index is 12.7. The van der Waals surface area contributed by atoms with Crippen LogP contribution in [-0.2, 0) is 4.79 Å². The molecule has 0 aliphatic heterocycles. The van der Waals surface area contributed by atoms with Crippen LogP contribution < -0.4 is 0 Å². The van der Waals surface area contributed by atoms with Crippen LogP contribution in [0.25, 0.3) is 0 Å². The molecule has 0 unspecified atom stereocenters. The molecule has 3 fully saturated rings. The predicted octanol–water partition coefficient (Wildman–Crippen LogP) is 5.98. The second kappa shape index (κ2) is 7.00. The maximum Gasteiger partial charge on any atom is 0.314 e. The van der Waals surface area contributed by atoms with Gasteiger partial charge in [-0.15, -0.1) is 0 Å². The van der Waals surface area contributed by atoms with E-state index in [-0.39, 0.29) is 33.0 Å². The van der Waals surface area contributed by atoms with Gasteiger partial charge in [0, 0.05) is 5.92 Å². The molecule has 9 atom stereocenters. The Labute approximate surface area is 205 Å². The molecule has 5 aliphatic carbocycles. The first kappa shape index (κ1) is 24.6. The second-order valence-electron chi connectivity index (χ2n) is 14.8. The molecule has 3 saturated carbocycles. The minimum atomic E-state index is -0.779. The van der Waals surface area contributed by atoms with E-state index in [0.29, 0.717) is 24.7 Å². The first-order chi connectivity index (χ1) is 15.6. The van der Waals surface area contributed by atoms with Crippen molar-refractivity contribution in [2.45, 2.75) is 106 Å². The van der Waals surface area contributed by atoms with Crippen molar-refractivity contribution in [2.24, 2.45) is 50.2 Å². The molecule has 4 nitrogen and oxygen atoms in total. The lowest BCUT2D eigenvalue weighted by molar-refractivity contribution is -0.230. The Morgan fingerprint density at radius 2 is 1.59 bits per heavy atom. The summed E-state index contributed by atoms with van der Waals surface area (Å²) >= 11 is 0. The van der Waals surface area contributed by atoms with Crippen LogP contribution in [0, 0.1) is 50.2 Å². The van der Waals surface area contributed by atoms with Crippen molar-refractivity contribution >= 4 is 5.97 Å². The quantitative estimate of drug-likeness (QED) is 0.412. The Morgan fingerprint density at radius 1 is 0.912 bits per heavy atom. The highest BCUT2D eigenvalue weighted by Gasteiger charge is 2.69. The summed E-state index contributed by atoms with van der Waals surface area (Å²) in [6, 6.07) is 0. The van der Waals surface area contributed by atoms with E-state index in [0.717, 1.165) is 32.1 Å². The third kappa shape index (κ3) is 2.82. The number of carboxylic acid groups (broad SMARTS) is 1. The summed E-state index contributed by atoms with van der Waals surface area (Å²) in [5, 5.41) is 32.3. The molecule has 0 spiro atoms. The van der Waals surface area contributed by atoms with Gasteiger partial charge in [-0.05, 0) is 83.9 Å². The highest BCUT2D eigenvalue weighted by atomic mass is 16.4. The molecule has 0 bridgehead atoms. The van der Waals surface area contributed by atoms with Gasteiger partial charge in [-0.3, -0.25) is 4.79 Å². The van der Waals surface area contributed by atoms with E-state index in [9.17, 15) is 20.1 Å². The molecule has 3 N–H and O–H groups in total. The standard InChI is InChI=1S/C30H46O4/c1-25(2)12-14-30(24(33)34)15-13-28(6)18(19(30)16-25)8-9-22-27(5)17-20(31)23(32)26(3,4)21(27)10-11-29(22,28)7/h8,12,14,19-23,31-32H,9-11,13,15-17H2,1-7H3,(H,33,34)/t19-,20+,21-,22+,23-,27-,28+,29+,30-/m0/s1. The van der Waals surface area contributed by atoms with Crippen molar-refractivity contribution in [1.29, 1.82) is 0 Å². The molecule has 0 aromatic carbocycles. The van der Waals surface area contributed by atoms with Crippen molar-refractivity contribution < 1.29 is 20.1 Å². The minimum Gasteiger partial charge on any atom is -0.481 e. The highest BCUT2D eigenvalue weighted by Crippen LogP contribution is 2.75. The van der Waals surface area contributed by atoms with Gasteiger partial charge >= 0.3 is 5.97 Å². The number of carbonyl (C=O) groups is 1. The van der Waals surface area contributed by atoms with Crippen molar-refractivity contribution in [1.82, 2.24) is 0 Å². The zero-order valence-electron chi connectivity index (χ0n) is 22.3. The molecule has 34 heavy (non-hydrogen) atoms. The number of fused-ring (bicyclic) bond motifs is 7. The van der Waals surface area contributed by atoms with Gasteiger partial charge in [-0.1, -0.05) is 72.3 Å². The molecule has 5 rings (SSSR count). The molecular formula is C30H46O4. The van der Waals surface area contributed by atoms with Gasteiger partial charge in [0.15, 0.2) is 0 Å². The Hall–Kier alpha value is -1.13. The van der Waals surface area contributed by atoms with Crippen molar-refractivity contribution in [3.63, 3.8) is 0 Å². The second-order valence-corrected chi connectivity index (χ2v) is 14.8. The molecule has 0 heterocycles. The summed E-state index contributed by atoms with van der Waals surface area (Å²) < 4.78 is 0. The van der Waals surface area contributed by atoms with E-state index in [4.69, 9.17) is 0 Å².